The Balaban J connectivity index is 2.03. The van der Waals surface area contributed by atoms with Crippen molar-refractivity contribution in [2.75, 3.05) is 17.4 Å². The molecule has 0 radical (unpaired) electrons. The maximum atomic E-state index is 14.1. The smallest absolute Gasteiger partial charge is 0.264 e. The Morgan fingerprint density at radius 3 is 2.10 bits per heavy atom. The number of aryl methyl sites for hydroxylation is 1. The van der Waals surface area contributed by atoms with Crippen molar-refractivity contribution in [3.8, 4) is 0 Å². The minimum atomic E-state index is -4.13. The fraction of sp³-hybridized carbons (Fsp3) is 0.355. The molecule has 40 heavy (non-hydrogen) atoms. The van der Waals surface area contributed by atoms with Crippen molar-refractivity contribution in [1.82, 2.24) is 10.2 Å². The normalized spacial score (nSPS) is 12.4. The van der Waals surface area contributed by atoms with E-state index in [9.17, 15) is 18.0 Å². The average molecular weight is 584 g/mol. The molecule has 1 N–H and O–H groups in total. The van der Waals surface area contributed by atoms with Crippen molar-refractivity contribution < 1.29 is 18.0 Å². The second-order valence-corrected chi connectivity index (χ2v) is 13.0. The van der Waals surface area contributed by atoms with Gasteiger partial charge >= 0.3 is 0 Å². The van der Waals surface area contributed by atoms with Crippen LogP contribution in [0.5, 0.6) is 0 Å². The summed E-state index contributed by atoms with van der Waals surface area (Å²) >= 11 is 6.38. The first-order valence-electron chi connectivity index (χ1n) is 13.3. The number of amides is 2. The van der Waals surface area contributed by atoms with E-state index >= 15 is 0 Å². The molecular weight excluding hydrogens is 546 g/mol. The third-order valence-corrected chi connectivity index (χ3v) is 8.62. The lowest BCUT2D eigenvalue weighted by molar-refractivity contribution is -0.140. The average Bonchev–Trinajstić information content (AvgIpc) is 2.91. The van der Waals surface area contributed by atoms with Gasteiger partial charge in [-0.2, -0.15) is 0 Å². The summed E-state index contributed by atoms with van der Waals surface area (Å²) in [6, 6.07) is 21.7. The van der Waals surface area contributed by atoms with Crippen LogP contribution in [0.2, 0.25) is 5.02 Å². The molecule has 3 aromatic carbocycles. The summed E-state index contributed by atoms with van der Waals surface area (Å²) in [6.07, 6.45) is 0.873. The zero-order valence-electron chi connectivity index (χ0n) is 23.7. The van der Waals surface area contributed by atoms with Crippen molar-refractivity contribution in [2.45, 2.75) is 63.9 Å². The third-order valence-electron chi connectivity index (χ3n) is 6.42. The van der Waals surface area contributed by atoms with Gasteiger partial charge in [0, 0.05) is 17.1 Å². The molecule has 3 aromatic rings. The second kappa shape index (κ2) is 13.3. The molecule has 9 heteroatoms. The molecule has 0 aromatic heterocycles. The molecule has 2 amide bonds. The lowest BCUT2D eigenvalue weighted by atomic mass is 10.1. The third kappa shape index (κ3) is 8.08. The number of benzene rings is 3. The number of sulfonamides is 1. The van der Waals surface area contributed by atoms with E-state index in [4.69, 9.17) is 11.6 Å². The van der Waals surface area contributed by atoms with Gasteiger partial charge in [0.25, 0.3) is 10.0 Å². The molecular formula is C31H38ClN3O4S. The van der Waals surface area contributed by atoms with Crippen molar-refractivity contribution in [3.63, 3.8) is 0 Å². The van der Waals surface area contributed by atoms with Crippen LogP contribution >= 0.6 is 11.6 Å². The van der Waals surface area contributed by atoms with Gasteiger partial charge in [0.2, 0.25) is 11.8 Å². The number of anilines is 1. The molecule has 0 aliphatic heterocycles. The Morgan fingerprint density at radius 2 is 1.55 bits per heavy atom. The molecule has 7 nitrogen and oxygen atoms in total. The fourth-order valence-electron chi connectivity index (χ4n) is 4.33. The first-order chi connectivity index (χ1) is 18.8. The van der Waals surface area contributed by atoms with Crippen LogP contribution in [0.15, 0.2) is 83.8 Å². The molecule has 0 unspecified atom stereocenters. The lowest BCUT2D eigenvalue weighted by Crippen LogP contribution is -2.56. The maximum absolute atomic E-state index is 14.1. The molecule has 0 saturated heterocycles. The number of carbonyl (C=O) groups excluding carboxylic acids is 2. The molecule has 0 bridgehead atoms. The summed E-state index contributed by atoms with van der Waals surface area (Å²) < 4.78 is 28.8. The monoisotopic (exact) mass is 583 g/mol. The van der Waals surface area contributed by atoms with Gasteiger partial charge in [0.1, 0.15) is 12.6 Å². The number of hydrogen-bond donors (Lipinski definition) is 1. The summed E-state index contributed by atoms with van der Waals surface area (Å²) in [6.45, 7) is 9.04. The zero-order chi connectivity index (χ0) is 29.5. The molecule has 0 saturated carbocycles. The number of hydrogen-bond acceptors (Lipinski definition) is 4. The van der Waals surface area contributed by atoms with Crippen LogP contribution < -0.4 is 9.62 Å². The number of rotatable bonds is 11. The molecule has 214 valence electrons. The lowest BCUT2D eigenvalue weighted by Gasteiger charge is -2.34. The van der Waals surface area contributed by atoms with Gasteiger partial charge in [0.15, 0.2) is 0 Å². The van der Waals surface area contributed by atoms with E-state index in [0.717, 1.165) is 15.4 Å². The van der Waals surface area contributed by atoms with E-state index in [2.05, 4.69) is 5.32 Å². The summed E-state index contributed by atoms with van der Waals surface area (Å²) in [5.41, 5.74) is 1.55. The molecule has 1 atom stereocenters. The van der Waals surface area contributed by atoms with Crippen LogP contribution in [-0.2, 0) is 26.0 Å². The Labute approximate surface area is 243 Å². The quantitative estimate of drug-likeness (QED) is 0.318. The van der Waals surface area contributed by atoms with E-state index in [1.807, 2.05) is 65.0 Å². The first kappa shape index (κ1) is 31.2. The van der Waals surface area contributed by atoms with E-state index in [1.165, 1.54) is 17.0 Å². The maximum Gasteiger partial charge on any atom is 0.264 e. The second-order valence-electron chi connectivity index (χ2n) is 10.7. The van der Waals surface area contributed by atoms with Gasteiger partial charge in [-0.1, -0.05) is 73.1 Å². The van der Waals surface area contributed by atoms with Gasteiger partial charge in [-0.3, -0.25) is 13.9 Å². The Morgan fingerprint density at radius 1 is 0.950 bits per heavy atom. The van der Waals surface area contributed by atoms with Crippen LogP contribution in [0.25, 0.3) is 0 Å². The summed E-state index contributed by atoms with van der Waals surface area (Å²) in [7, 11) is -4.13. The molecule has 0 heterocycles. The number of halogens is 1. The summed E-state index contributed by atoms with van der Waals surface area (Å²) in [5, 5.41) is 3.36. The van der Waals surface area contributed by atoms with Gasteiger partial charge in [-0.05, 0) is 75.9 Å². The van der Waals surface area contributed by atoms with Crippen LogP contribution in [0.3, 0.4) is 0 Å². The van der Waals surface area contributed by atoms with Gasteiger partial charge in [-0.15, -0.1) is 0 Å². The highest BCUT2D eigenvalue weighted by Gasteiger charge is 2.34. The Kier molecular flexibility index (Phi) is 10.4. The molecule has 0 aliphatic carbocycles. The predicted octanol–water partition coefficient (Wildman–Crippen LogP) is 5.61. The summed E-state index contributed by atoms with van der Waals surface area (Å²) in [5.74, 6) is -0.768. The van der Waals surface area contributed by atoms with Crippen LogP contribution in [0.4, 0.5) is 5.69 Å². The Bertz CT molecular complexity index is 1410. The summed E-state index contributed by atoms with van der Waals surface area (Å²) in [4.78, 5) is 29.0. The van der Waals surface area contributed by atoms with Gasteiger partial charge < -0.3 is 10.2 Å². The minimum absolute atomic E-state index is 0.0489. The molecule has 0 aliphatic rings. The van der Waals surface area contributed by atoms with Gasteiger partial charge in [-0.25, -0.2) is 8.42 Å². The fourth-order valence-corrected chi connectivity index (χ4v) is 5.94. The van der Waals surface area contributed by atoms with Crippen molar-refractivity contribution in [1.29, 1.82) is 0 Å². The largest absolute Gasteiger partial charge is 0.350 e. The van der Waals surface area contributed by atoms with Crippen molar-refractivity contribution in [2.24, 2.45) is 0 Å². The highest BCUT2D eigenvalue weighted by molar-refractivity contribution is 7.92. The standard InChI is InChI=1S/C31H38ClN3O4S/c1-6-28(30(37)33-31(3,4)5)34(20-19-24-13-9-7-10-14-24)29(36)22-35(25-18-17-23(2)27(32)21-25)40(38,39)26-15-11-8-12-16-26/h7-18,21,28H,6,19-20,22H2,1-5H3,(H,33,37)/t28-/m1/s1. The topological polar surface area (TPSA) is 86.8 Å². The number of nitrogens with one attached hydrogen (secondary N) is 1. The van der Waals surface area contributed by atoms with Crippen molar-refractivity contribution >= 4 is 39.1 Å². The number of nitrogens with zero attached hydrogens (tertiary/aromatic N) is 2. The molecule has 0 fully saturated rings. The van der Waals surface area contributed by atoms with Crippen LogP contribution in [0.1, 0.15) is 45.2 Å². The van der Waals surface area contributed by atoms with Gasteiger partial charge in [0.05, 0.1) is 10.6 Å². The highest BCUT2D eigenvalue weighted by atomic mass is 35.5. The van der Waals surface area contributed by atoms with E-state index in [-0.39, 0.29) is 23.0 Å². The van der Waals surface area contributed by atoms with Crippen LogP contribution in [0, 0.1) is 6.92 Å². The zero-order valence-corrected chi connectivity index (χ0v) is 25.3. The SMILES string of the molecule is CC[C@H](C(=O)NC(C)(C)C)N(CCc1ccccc1)C(=O)CN(c1ccc(C)c(Cl)c1)S(=O)(=O)c1ccccc1. The number of carbonyl (C=O) groups is 2. The Hall–Kier alpha value is -3.36. The van der Waals surface area contributed by atoms with E-state index < -0.39 is 34.1 Å². The molecule has 0 spiro atoms. The van der Waals surface area contributed by atoms with Crippen LogP contribution in [-0.4, -0.2) is 49.8 Å². The van der Waals surface area contributed by atoms with E-state index in [0.29, 0.717) is 17.9 Å². The predicted molar refractivity (Wildman–Crippen MR) is 161 cm³/mol. The first-order valence-corrected chi connectivity index (χ1v) is 15.1. The molecule has 3 rings (SSSR count). The minimum Gasteiger partial charge on any atom is -0.350 e. The highest BCUT2D eigenvalue weighted by Crippen LogP contribution is 2.28. The van der Waals surface area contributed by atoms with E-state index in [1.54, 1.807) is 36.4 Å². The van der Waals surface area contributed by atoms with Crippen molar-refractivity contribution in [3.05, 3.63) is 95.0 Å².